The van der Waals surface area contributed by atoms with E-state index >= 15 is 0 Å². The van der Waals surface area contributed by atoms with Gasteiger partial charge in [0, 0.05) is 45.2 Å². The number of hydrogen-bond donors (Lipinski definition) is 1. The van der Waals surface area contributed by atoms with Crippen molar-refractivity contribution in [3.8, 4) is 0 Å². The number of nitrogens with one attached hydrogen (secondary N) is 1. The minimum absolute atomic E-state index is 0. The van der Waals surface area contributed by atoms with Gasteiger partial charge in [0.15, 0.2) is 0 Å². The van der Waals surface area contributed by atoms with E-state index in [1.165, 1.54) is 10.6 Å². The zero-order valence-corrected chi connectivity index (χ0v) is 13.2. The van der Waals surface area contributed by atoms with Crippen molar-refractivity contribution >= 4 is 28.3 Å². The molecule has 2 fully saturated rings. The Balaban J connectivity index is 0.00000200. The van der Waals surface area contributed by atoms with Crippen LogP contribution < -0.4 is 5.32 Å². The molecule has 20 heavy (non-hydrogen) atoms. The fourth-order valence-electron chi connectivity index (χ4n) is 2.36. The van der Waals surface area contributed by atoms with E-state index in [2.05, 4.69) is 5.32 Å². The van der Waals surface area contributed by atoms with Gasteiger partial charge in [0.05, 0.1) is 19.5 Å². The number of halogens is 1. The van der Waals surface area contributed by atoms with Crippen LogP contribution in [0.4, 0.5) is 0 Å². The second-order valence-electron chi connectivity index (χ2n) is 4.97. The molecule has 7 nitrogen and oxygen atoms in total. The Hall–Kier alpha value is -0.410. The first-order valence-corrected chi connectivity index (χ1v) is 8.35. The summed E-state index contributed by atoms with van der Waals surface area (Å²) in [4.78, 5) is 13.8. The van der Waals surface area contributed by atoms with Crippen molar-refractivity contribution in [1.29, 1.82) is 0 Å². The molecule has 0 saturated carbocycles. The maximum absolute atomic E-state index is 12.1. The van der Waals surface area contributed by atoms with Gasteiger partial charge in [-0.1, -0.05) is 0 Å². The lowest BCUT2D eigenvalue weighted by atomic mass is 10.1. The maximum Gasteiger partial charge on any atom is 0.224 e. The van der Waals surface area contributed by atoms with Crippen LogP contribution in [0.25, 0.3) is 0 Å². The molecule has 2 aliphatic heterocycles. The first kappa shape index (κ1) is 17.6. The summed E-state index contributed by atoms with van der Waals surface area (Å²) in [5.41, 5.74) is 0. The molecule has 118 valence electrons. The monoisotopic (exact) mass is 327 g/mol. The summed E-state index contributed by atoms with van der Waals surface area (Å²) in [6, 6.07) is 0.0780. The Kier molecular flexibility index (Phi) is 6.67. The van der Waals surface area contributed by atoms with E-state index in [-0.39, 0.29) is 24.4 Å². The lowest BCUT2D eigenvalue weighted by Crippen LogP contribution is -2.52. The van der Waals surface area contributed by atoms with Gasteiger partial charge in [-0.2, -0.15) is 4.31 Å². The van der Waals surface area contributed by atoms with Crippen LogP contribution in [0.1, 0.15) is 6.42 Å². The first-order chi connectivity index (χ1) is 8.97. The Morgan fingerprint density at radius 1 is 1.30 bits per heavy atom. The highest BCUT2D eigenvalue weighted by Gasteiger charge is 2.27. The second-order valence-corrected chi connectivity index (χ2v) is 6.96. The SMILES string of the molecule is CS(=O)(=O)N1CCN(C(=O)CC2COCCN2)CC1.Cl. The first-order valence-electron chi connectivity index (χ1n) is 6.51. The summed E-state index contributed by atoms with van der Waals surface area (Å²) >= 11 is 0. The van der Waals surface area contributed by atoms with Gasteiger partial charge < -0.3 is 15.0 Å². The van der Waals surface area contributed by atoms with Crippen molar-refractivity contribution in [2.24, 2.45) is 0 Å². The number of ether oxygens (including phenoxy) is 1. The highest BCUT2D eigenvalue weighted by atomic mass is 35.5. The molecule has 9 heteroatoms. The fraction of sp³-hybridized carbons (Fsp3) is 0.909. The minimum Gasteiger partial charge on any atom is -0.378 e. The normalized spacial score (nSPS) is 25.1. The van der Waals surface area contributed by atoms with E-state index in [0.29, 0.717) is 45.8 Å². The molecule has 1 atom stereocenters. The Labute approximate surface area is 126 Å². The largest absolute Gasteiger partial charge is 0.378 e. The van der Waals surface area contributed by atoms with Gasteiger partial charge in [0.2, 0.25) is 15.9 Å². The highest BCUT2D eigenvalue weighted by molar-refractivity contribution is 7.88. The number of carbonyl (C=O) groups excluding carboxylic acids is 1. The zero-order chi connectivity index (χ0) is 13.9. The molecule has 2 rings (SSSR count). The number of carbonyl (C=O) groups is 1. The molecule has 0 aliphatic carbocycles. The van der Waals surface area contributed by atoms with Gasteiger partial charge in [-0.3, -0.25) is 4.79 Å². The number of amides is 1. The van der Waals surface area contributed by atoms with E-state index in [0.717, 1.165) is 6.54 Å². The van der Waals surface area contributed by atoms with E-state index in [1.807, 2.05) is 0 Å². The number of morpholine rings is 1. The second kappa shape index (κ2) is 7.56. The van der Waals surface area contributed by atoms with E-state index < -0.39 is 10.0 Å². The molecule has 1 unspecified atom stereocenters. The fourth-order valence-corrected chi connectivity index (χ4v) is 3.19. The van der Waals surface area contributed by atoms with Crippen LogP contribution in [-0.2, 0) is 19.6 Å². The molecule has 1 N–H and O–H groups in total. The summed E-state index contributed by atoms with van der Waals surface area (Å²) < 4.78 is 29.5. The predicted octanol–water partition coefficient (Wildman–Crippen LogP) is -1.11. The molecule has 0 radical (unpaired) electrons. The smallest absolute Gasteiger partial charge is 0.224 e. The summed E-state index contributed by atoms with van der Waals surface area (Å²) in [7, 11) is -3.14. The van der Waals surface area contributed by atoms with Crippen molar-refractivity contribution in [2.45, 2.75) is 12.5 Å². The summed E-state index contributed by atoms with van der Waals surface area (Å²) in [5, 5.41) is 3.24. The predicted molar refractivity (Wildman–Crippen MR) is 77.5 cm³/mol. The van der Waals surface area contributed by atoms with Crippen molar-refractivity contribution in [1.82, 2.24) is 14.5 Å². The van der Waals surface area contributed by atoms with Crippen LogP contribution >= 0.6 is 12.4 Å². The van der Waals surface area contributed by atoms with Crippen molar-refractivity contribution in [3.05, 3.63) is 0 Å². The molecule has 0 spiro atoms. The average Bonchev–Trinajstić information content (AvgIpc) is 2.39. The molecule has 1 amide bonds. The van der Waals surface area contributed by atoms with Gasteiger partial charge in [0.1, 0.15) is 0 Å². The third kappa shape index (κ3) is 4.85. The summed E-state index contributed by atoms with van der Waals surface area (Å²) in [5.74, 6) is 0.0659. The molecular weight excluding hydrogens is 306 g/mol. The molecule has 0 aromatic carbocycles. The number of hydrogen-bond acceptors (Lipinski definition) is 5. The molecule has 0 bridgehead atoms. The lowest BCUT2D eigenvalue weighted by molar-refractivity contribution is -0.133. The Bertz CT molecular complexity index is 417. The van der Waals surface area contributed by atoms with Gasteiger partial charge in [-0.15, -0.1) is 12.4 Å². The molecule has 0 aromatic heterocycles. The third-order valence-electron chi connectivity index (χ3n) is 3.48. The van der Waals surface area contributed by atoms with E-state index in [1.54, 1.807) is 4.90 Å². The quantitative estimate of drug-likeness (QED) is 0.711. The average molecular weight is 328 g/mol. The lowest BCUT2D eigenvalue weighted by Gasteiger charge is -2.34. The Morgan fingerprint density at radius 2 is 1.95 bits per heavy atom. The van der Waals surface area contributed by atoms with Crippen molar-refractivity contribution in [3.63, 3.8) is 0 Å². The molecular formula is C11H22ClN3O4S. The van der Waals surface area contributed by atoms with E-state index in [9.17, 15) is 13.2 Å². The zero-order valence-electron chi connectivity index (χ0n) is 11.6. The van der Waals surface area contributed by atoms with Gasteiger partial charge in [-0.05, 0) is 0 Å². The number of nitrogens with zero attached hydrogens (tertiary/aromatic N) is 2. The number of rotatable bonds is 3. The van der Waals surface area contributed by atoms with Crippen LogP contribution in [0.5, 0.6) is 0 Å². The maximum atomic E-state index is 12.1. The summed E-state index contributed by atoms with van der Waals surface area (Å²) in [6.45, 7) is 3.75. The number of sulfonamides is 1. The van der Waals surface area contributed by atoms with Crippen LogP contribution in [0.15, 0.2) is 0 Å². The van der Waals surface area contributed by atoms with Crippen LogP contribution in [0.3, 0.4) is 0 Å². The van der Waals surface area contributed by atoms with Crippen molar-refractivity contribution in [2.75, 3.05) is 52.2 Å². The summed E-state index contributed by atoms with van der Waals surface area (Å²) in [6.07, 6.45) is 1.62. The third-order valence-corrected chi connectivity index (χ3v) is 4.78. The Morgan fingerprint density at radius 3 is 2.45 bits per heavy atom. The van der Waals surface area contributed by atoms with Crippen LogP contribution in [0.2, 0.25) is 0 Å². The van der Waals surface area contributed by atoms with Crippen LogP contribution in [-0.4, -0.2) is 81.8 Å². The molecule has 0 aromatic rings. The standard InChI is InChI=1S/C11H21N3O4S.ClH/c1-19(16,17)14-5-3-13(4-6-14)11(15)8-10-9-18-7-2-12-10;/h10,12H,2-9H2,1H3;1H. The molecule has 2 saturated heterocycles. The van der Waals surface area contributed by atoms with Gasteiger partial charge >= 0.3 is 0 Å². The minimum atomic E-state index is -3.14. The van der Waals surface area contributed by atoms with Gasteiger partial charge in [0.25, 0.3) is 0 Å². The van der Waals surface area contributed by atoms with E-state index in [4.69, 9.17) is 4.74 Å². The highest BCUT2D eigenvalue weighted by Crippen LogP contribution is 2.09. The number of piperazine rings is 1. The van der Waals surface area contributed by atoms with Gasteiger partial charge in [-0.25, -0.2) is 8.42 Å². The molecule has 2 heterocycles. The topological polar surface area (TPSA) is 79.0 Å². The van der Waals surface area contributed by atoms with Crippen LogP contribution in [0, 0.1) is 0 Å². The molecule has 2 aliphatic rings. The van der Waals surface area contributed by atoms with Crippen molar-refractivity contribution < 1.29 is 17.9 Å².